The number of aromatic nitrogens is 2. The topological polar surface area (TPSA) is 25.8 Å². The predicted octanol–water partition coefficient (Wildman–Crippen LogP) is 5.52. The van der Waals surface area contributed by atoms with Gasteiger partial charge in [-0.1, -0.05) is 57.0 Å². The molecule has 1 aliphatic rings. The van der Waals surface area contributed by atoms with Gasteiger partial charge in [-0.15, -0.1) is 0 Å². The lowest BCUT2D eigenvalue weighted by atomic mass is 9.90. The second kappa shape index (κ2) is 7.77. The molecule has 1 aliphatic carbocycles. The Morgan fingerprint density at radius 2 is 1.74 bits per heavy atom. The molecule has 106 valence electrons. The molecule has 0 unspecified atom stereocenters. The van der Waals surface area contributed by atoms with Crippen LogP contribution in [0.2, 0.25) is 5.15 Å². The van der Waals surface area contributed by atoms with Crippen LogP contribution in [0.15, 0.2) is 0 Å². The highest BCUT2D eigenvalue weighted by Gasteiger charge is 2.19. The van der Waals surface area contributed by atoms with Gasteiger partial charge < -0.3 is 0 Å². The van der Waals surface area contributed by atoms with Crippen molar-refractivity contribution in [1.82, 2.24) is 9.97 Å². The van der Waals surface area contributed by atoms with Crippen molar-refractivity contribution < 1.29 is 0 Å². The third-order valence-corrected chi connectivity index (χ3v) is 5.58. The molecule has 0 aromatic carbocycles. The first kappa shape index (κ1) is 15.5. The fraction of sp³-hybridized carbons (Fsp3) is 0.733. The molecule has 0 spiro atoms. The first-order valence-corrected chi connectivity index (χ1v) is 8.89. The summed E-state index contributed by atoms with van der Waals surface area (Å²) in [4.78, 5) is 9.37. The van der Waals surface area contributed by atoms with Crippen LogP contribution in [0.4, 0.5) is 0 Å². The zero-order valence-electron chi connectivity index (χ0n) is 11.6. The van der Waals surface area contributed by atoms with Gasteiger partial charge in [0, 0.05) is 5.92 Å². The smallest absolute Gasteiger partial charge is 0.146 e. The summed E-state index contributed by atoms with van der Waals surface area (Å²) in [5.41, 5.74) is 1.14. The molecule has 1 fully saturated rings. The third kappa shape index (κ3) is 4.28. The van der Waals surface area contributed by atoms with Gasteiger partial charge in [0.05, 0.1) is 9.26 Å². The highest BCUT2D eigenvalue weighted by molar-refractivity contribution is 14.1. The predicted molar refractivity (Wildman–Crippen MR) is 88.8 cm³/mol. The molecule has 0 bridgehead atoms. The SMILES string of the molecule is CCCc1nc(C2CCCCCCC2)nc(Cl)c1I. The monoisotopic (exact) mass is 392 g/mol. The fourth-order valence-electron chi connectivity index (χ4n) is 2.78. The van der Waals surface area contributed by atoms with E-state index in [1.807, 2.05) is 0 Å². The van der Waals surface area contributed by atoms with E-state index in [2.05, 4.69) is 34.5 Å². The lowest BCUT2D eigenvalue weighted by Gasteiger charge is -2.19. The molecule has 0 saturated heterocycles. The highest BCUT2D eigenvalue weighted by atomic mass is 127. The Kier molecular flexibility index (Phi) is 6.33. The van der Waals surface area contributed by atoms with Gasteiger partial charge >= 0.3 is 0 Å². The van der Waals surface area contributed by atoms with E-state index in [9.17, 15) is 0 Å². The summed E-state index contributed by atoms with van der Waals surface area (Å²) in [7, 11) is 0. The van der Waals surface area contributed by atoms with Crippen LogP contribution < -0.4 is 0 Å². The van der Waals surface area contributed by atoms with Gasteiger partial charge in [0.15, 0.2) is 0 Å². The molecule has 1 heterocycles. The van der Waals surface area contributed by atoms with Crippen LogP contribution in [0.3, 0.4) is 0 Å². The van der Waals surface area contributed by atoms with Crippen molar-refractivity contribution in [3.63, 3.8) is 0 Å². The highest BCUT2D eigenvalue weighted by Crippen LogP contribution is 2.31. The third-order valence-electron chi connectivity index (χ3n) is 3.85. The normalized spacial score (nSPS) is 18.1. The number of rotatable bonds is 3. The molecule has 1 aromatic heterocycles. The van der Waals surface area contributed by atoms with Gasteiger partial charge in [0.1, 0.15) is 11.0 Å². The largest absolute Gasteiger partial charge is 0.236 e. The van der Waals surface area contributed by atoms with Gasteiger partial charge in [0.25, 0.3) is 0 Å². The van der Waals surface area contributed by atoms with Crippen molar-refractivity contribution in [3.05, 3.63) is 20.2 Å². The number of halogens is 2. The van der Waals surface area contributed by atoms with Crippen LogP contribution in [0, 0.1) is 3.57 Å². The maximum absolute atomic E-state index is 6.29. The van der Waals surface area contributed by atoms with Gasteiger partial charge in [-0.2, -0.15) is 0 Å². The molecule has 1 aromatic rings. The summed E-state index contributed by atoms with van der Waals surface area (Å²) in [6.45, 7) is 2.18. The summed E-state index contributed by atoms with van der Waals surface area (Å²) >= 11 is 8.56. The van der Waals surface area contributed by atoms with Gasteiger partial charge in [-0.05, 0) is 41.9 Å². The van der Waals surface area contributed by atoms with Crippen LogP contribution >= 0.6 is 34.2 Å². The molecule has 1 saturated carbocycles. The second-order valence-corrected chi connectivity index (χ2v) is 6.86. The Hall–Kier alpha value is 0.100. The Morgan fingerprint density at radius 1 is 1.11 bits per heavy atom. The molecule has 4 heteroatoms. The molecule has 2 rings (SSSR count). The Bertz CT molecular complexity index is 415. The van der Waals surface area contributed by atoms with E-state index in [-0.39, 0.29) is 0 Å². The molecule has 0 N–H and O–H groups in total. The Labute approximate surface area is 134 Å². The average molecular weight is 393 g/mol. The zero-order chi connectivity index (χ0) is 13.7. The molecular formula is C15H22ClIN2. The van der Waals surface area contributed by atoms with Crippen LogP contribution in [-0.2, 0) is 6.42 Å². The Balaban J connectivity index is 2.22. The molecule has 0 atom stereocenters. The lowest BCUT2D eigenvalue weighted by Crippen LogP contribution is -2.10. The van der Waals surface area contributed by atoms with Crippen LogP contribution in [-0.4, -0.2) is 9.97 Å². The van der Waals surface area contributed by atoms with E-state index >= 15 is 0 Å². The summed E-state index contributed by atoms with van der Waals surface area (Å²) in [5.74, 6) is 1.51. The van der Waals surface area contributed by atoms with Crippen LogP contribution in [0.1, 0.15) is 75.7 Å². The molecule has 0 aliphatic heterocycles. The number of nitrogens with zero attached hydrogens (tertiary/aromatic N) is 2. The van der Waals surface area contributed by atoms with Crippen molar-refractivity contribution in [3.8, 4) is 0 Å². The van der Waals surface area contributed by atoms with Gasteiger partial charge in [0.2, 0.25) is 0 Å². The molecule has 19 heavy (non-hydrogen) atoms. The summed E-state index contributed by atoms with van der Waals surface area (Å²) in [5, 5.41) is 0.649. The van der Waals surface area contributed by atoms with Crippen LogP contribution in [0.5, 0.6) is 0 Å². The van der Waals surface area contributed by atoms with E-state index in [1.165, 1.54) is 44.9 Å². The van der Waals surface area contributed by atoms with E-state index in [1.54, 1.807) is 0 Å². The summed E-state index contributed by atoms with van der Waals surface area (Å²) in [6, 6.07) is 0. The minimum atomic E-state index is 0.519. The Morgan fingerprint density at radius 3 is 2.37 bits per heavy atom. The van der Waals surface area contributed by atoms with Gasteiger partial charge in [-0.3, -0.25) is 0 Å². The second-order valence-electron chi connectivity index (χ2n) is 5.43. The average Bonchev–Trinajstić information content (AvgIpc) is 2.34. The lowest BCUT2D eigenvalue weighted by molar-refractivity contribution is 0.441. The first-order chi connectivity index (χ1) is 9.22. The quantitative estimate of drug-likeness (QED) is 0.500. The first-order valence-electron chi connectivity index (χ1n) is 7.44. The van der Waals surface area contributed by atoms with E-state index in [4.69, 9.17) is 16.6 Å². The van der Waals surface area contributed by atoms with E-state index < -0.39 is 0 Å². The maximum atomic E-state index is 6.29. The summed E-state index contributed by atoms with van der Waals surface area (Å²) < 4.78 is 1.04. The zero-order valence-corrected chi connectivity index (χ0v) is 14.5. The molecular weight excluding hydrogens is 371 g/mol. The maximum Gasteiger partial charge on any atom is 0.146 e. The van der Waals surface area contributed by atoms with Crippen molar-refractivity contribution >= 4 is 34.2 Å². The van der Waals surface area contributed by atoms with E-state index in [0.717, 1.165) is 27.9 Å². The molecule has 2 nitrogen and oxygen atoms in total. The van der Waals surface area contributed by atoms with Crippen molar-refractivity contribution in [2.24, 2.45) is 0 Å². The number of hydrogen-bond donors (Lipinski definition) is 0. The van der Waals surface area contributed by atoms with E-state index in [0.29, 0.717) is 11.1 Å². The number of hydrogen-bond acceptors (Lipinski definition) is 2. The van der Waals surface area contributed by atoms with Gasteiger partial charge in [-0.25, -0.2) is 9.97 Å². The minimum Gasteiger partial charge on any atom is -0.236 e. The fourth-order valence-corrected chi connectivity index (χ4v) is 3.49. The number of aryl methyl sites for hydroxylation is 1. The van der Waals surface area contributed by atoms with Crippen molar-refractivity contribution in [2.75, 3.05) is 0 Å². The van der Waals surface area contributed by atoms with Crippen molar-refractivity contribution in [2.45, 2.75) is 70.6 Å². The summed E-state index contributed by atoms with van der Waals surface area (Å²) in [6.07, 6.45) is 11.3. The molecule has 0 amide bonds. The minimum absolute atomic E-state index is 0.519. The van der Waals surface area contributed by atoms with Crippen LogP contribution in [0.25, 0.3) is 0 Å². The molecule has 0 radical (unpaired) electrons. The standard InChI is InChI=1S/C15H22ClIN2/c1-2-8-12-13(17)14(16)19-15(18-12)11-9-6-4-3-5-7-10-11/h11H,2-10H2,1H3. The van der Waals surface area contributed by atoms with Crippen molar-refractivity contribution in [1.29, 1.82) is 0 Å².